The third-order valence-corrected chi connectivity index (χ3v) is 4.48. The highest BCUT2D eigenvalue weighted by Crippen LogP contribution is 2.22. The molecule has 0 aliphatic heterocycles. The topological polar surface area (TPSA) is 78.4 Å². The number of aryl methyl sites for hydroxylation is 1. The number of carboxylic acids is 1. The zero-order valence-electron chi connectivity index (χ0n) is 14.8. The van der Waals surface area contributed by atoms with Gasteiger partial charge >= 0.3 is 5.97 Å². The van der Waals surface area contributed by atoms with Crippen LogP contribution in [0.25, 0.3) is 0 Å². The molecular formula is C20H23ClN2O3. The Hall–Kier alpha value is -2.37. The Morgan fingerprint density at radius 3 is 2.42 bits per heavy atom. The van der Waals surface area contributed by atoms with Gasteiger partial charge in [-0.3, -0.25) is 14.9 Å². The number of anilines is 1. The van der Waals surface area contributed by atoms with Crippen LogP contribution in [0.2, 0.25) is 5.02 Å². The van der Waals surface area contributed by atoms with Crippen molar-refractivity contribution in [3.8, 4) is 0 Å². The number of rotatable bonds is 8. The van der Waals surface area contributed by atoms with E-state index in [1.54, 1.807) is 24.3 Å². The Balaban J connectivity index is 2.26. The molecule has 0 bridgehead atoms. The van der Waals surface area contributed by atoms with E-state index < -0.39 is 18.1 Å². The number of amides is 1. The van der Waals surface area contributed by atoms with E-state index in [1.165, 1.54) is 0 Å². The fraction of sp³-hybridized carbons (Fsp3) is 0.300. The number of carbonyl (C=O) groups is 2. The van der Waals surface area contributed by atoms with E-state index in [0.717, 1.165) is 5.56 Å². The zero-order chi connectivity index (χ0) is 19.1. The van der Waals surface area contributed by atoms with Crippen LogP contribution in [0.1, 0.15) is 36.9 Å². The standard InChI is InChI=1S/C20H23ClN2O3/c1-3-7-17(20(25)26)23-18(14-8-5-4-6-9-14)19(24)22-15-11-10-13(2)16(21)12-15/h4-6,8-12,17-18,23H,3,7H2,1-2H3,(H,22,24)(H,25,26). The van der Waals surface area contributed by atoms with Crippen molar-refractivity contribution in [1.29, 1.82) is 0 Å². The number of hydrogen-bond donors (Lipinski definition) is 3. The molecule has 2 unspecified atom stereocenters. The van der Waals surface area contributed by atoms with Crippen LogP contribution in [0.3, 0.4) is 0 Å². The van der Waals surface area contributed by atoms with Gasteiger partial charge in [0.1, 0.15) is 12.1 Å². The van der Waals surface area contributed by atoms with Crippen molar-refractivity contribution in [2.75, 3.05) is 5.32 Å². The fourth-order valence-corrected chi connectivity index (χ4v) is 2.80. The maximum atomic E-state index is 12.9. The highest BCUT2D eigenvalue weighted by atomic mass is 35.5. The summed E-state index contributed by atoms with van der Waals surface area (Å²) in [6.07, 6.45) is 1.13. The molecule has 1 amide bonds. The van der Waals surface area contributed by atoms with Crippen molar-refractivity contribution in [1.82, 2.24) is 5.32 Å². The van der Waals surface area contributed by atoms with Crippen LogP contribution in [-0.4, -0.2) is 23.0 Å². The van der Waals surface area contributed by atoms with Crippen LogP contribution in [-0.2, 0) is 9.59 Å². The van der Waals surface area contributed by atoms with Crippen molar-refractivity contribution >= 4 is 29.2 Å². The molecule has 0 aliphatic rings. The summed E-state index contributed by atoms with van der Waals surface area (Å²) in [6.45, 7) is 3.79. The van der Waals surface area contributed by atoms with Gasteiger partial charge in [-0.15, -0.1) is 0 Å². The maximum absolute atomic E-state index is 12.9. The smallest absolute Gasteiger partial charge is 0.320 e. The second kappa shape index (κ2) is 9.36. The molecule has 5 nitrogen and oxygen atoms in total. The lowest BCUT2D eigenvalue weighted by Crippen LogP contribution is -2.43. The molecule has 0 saturated heterocycles. The van der Waals surface area contributed by atoms with Crippen molar-refractivity contribution in [2.45, 2.75) is 38.8 Å². The summed E-state index contributed by atoms with van der Waals surface area (Å²) in [6, 6.07) is 12.7. The second-order valence-corrected chi connectivity index (χ2v) is 6.55. The van der Waals surface area contributed by atoms with Crippen LogP contribution in [0.15, 0.2) is 48.5 Å². The predicted octanol–water partition coefficient (Wildman–Crippen LogP) is 4.17. The minimum atomic E-state index is -0.973. The molecule has 2 rings (SSSR count). The minimum absolute atomic E-state index is 0.335. The maximum Gasteiger partial charge on any atom is 0.320 e. The zero-order valence-corrected chi connectivity index (χ0v) is 15.6. The van der Waals surface area contributed by atoms with Crippen molar-refractivity contribution in [3.63, 3.8) is 0 Å². The molecule has 0 aliphatic carbocycles. The molecule has 6 heteroatoms. The van der Waals surface area contributed by atoms with Crippen molar-refractivity contribution in [3.05, 3.63) is 64.7 Å². The van der Waals surface area contributed by atoms with E-state index >= 15 is 0 Å². The Bertz CT molecular complexity index is 765. The highest BCUT2D eigenvalue weighted by Gasteiger charge is 2.27. The van der Waals surface area contributed by atoms with Crippen molar-refractivity contribution < 1.29 is 14.7 Å². The van der Waals surface area contributed by atoms with Gasteiger partial charge in [-0.2, -0.15) is 0 Å². The summed E-state index contributed by atoms with van der Waals surface area (Å²) in [5.41, 5.74) is 2.18. The number of benzene rings is 2. The van der Waals surface area contributed by atoms with Gasteiger partial charge in [-0.05, 0) is 36.6 Å². The van der Waals surface area contributed by atoms with Crippen molar-refractivity contribution in [2.24, 2.45) is 0 Å². The summed E-state index contributed by atoms with van der Waals surface area (Å²) in [4.78, 5) is 24.4. The summed E-state index contributed by atoms with van der Waals surface area (Å²) < 4.78 is 0. The van der Waals surface area contributed by atoms with E-state index in [9.17, 15) is 14.7 Å². The molecule has 2 aromatic rings. The molecular weight excluding hydrogens is 352 g/mol. The van der Waals surface area contributed by atoms with E-state index in [4.69, 9.17) is 11.6 Å². The quantitative estimate of drug-likeness (QED) is 0.648. The normalized spacial score (nSPS) is 13.0. The van der Waals surface area contributed by atoms with E-state index in [1.807, 2.05) is 38.1 Å². The summed E-state index contributed by atoms with van der Waals surface area (Å²) in [5.74, 6) is -1.31. The number of hydrogen-bond acceptors (Lipinski definition) is 3. The van der Waals surface area contributed by atoms with Crippen LogP contribution < -0.4 is 10.6 Å². The second-order valence-electron chi connectivity index (χ2n) is 6.14. The van der Waals surface area contributed by atoms with Gasteiger partial charge in [0, 0.05) is 10.7 Å². The van der Waals surface area contributed by atoms with E-state index in [-0.39, 0.29) is 5.91 Å². The average Bonchev–Trinajstić information content (AvgIpc) is 2.62. The molecule has 0 spiro atoms. The van der Waals surface area contributed by atoms with Gasteiger partial charge in [0.15, 0.2) is 0 Å². The lowest BCUT2D eigenvalue weighted by molar-refractivity contribution is -0.140. The first-order valence-corrected chi connectivity index (χ1v) is 8.91. The van der Waals surface area contributed by atoms with E-state index in [2.05, 4.69) is 10.6 Å². The molecule has 0 heterocycles. The lowest BCUT2D eigenvalue weighted by atomic mass is 10.0. The third-order valence-electron chi connectivity index (χ3n) is 4.08. The molecule has 0 aromatic heterocycles. The Kier molecular flexibility index (Phi) is 7.18. The van der Waals surface area contributed by atoms with Gasteiger partial charge in [-0.25, -0.2) is 0 Å². The number of aliphatic carboxylic acids is 1. The summed E-state index contributed by atoms with van der Waals surface area (Å²) in [7, 11) is 0. The first-order chi connectivity index (χ1) is 12.4. The van der Waals surface area contributed by atoms with Gasteiger partial charge in [-0.1, -0.05) is 61.3 Å². The molecule has 0 saturated carbocycles. The van der Waals surface area contributed by atoms with Crippen LogP contribution in [0, 0.1) is 6.92 Å². The largest absolute Gasteiger partial charge is 0.480 e. The molecule has 138 valence electrons. The Labute approximate surface area is 158 Å². The van der Waals surface area contributed by atoms with Gasteiger partial charge in [0.05, 0.1) is 0 Å². The first-order valence-electron chi connectivity index (χ1n) is 8.53. The Morgan fingerprint density at radius 2 is 1.85 bits per heavy atom. The van der Waals surface area contributed by atoms with Crippen LogP contribution in [0.5, 0.6) is 0 Å². The van der Waals surface area contributed by atoms with Gasteiger partial charge in [0.25, 0.3) is 0 Å². The predicted molar refractivity (Wildman–Crippen MR) is 103 cm³/mol. The number of carboxylic acid groups (broad SMARTS) is 1. The van der Waals surface area contributed by atoms with E-state index in [0.29, 0.717) is 29.1 Å². The number of nitrogens with one attached hydrogen (secondary N) is 2. The molecule has 0 fully saturated rings. The first kappa shape index (κ1) is 19.9. The Morgan fingerprint density at radius 1 is 1.15 bits per heavy atom. The average molecular weight is 375 g/mol. The molecule has 2 atom stereocenters. The summed E-state index contributed by atoms with van der Waals surface area (Å²) >= 11 is 6.12. The highest BCUT2D eigenvalue weighted by molar-refractivity contribution is 6.31. The van der Waals surface area contributed by atoms with Gasteiger partial charge in [0.2, 0.25) is 5.91 Å². The third kappa shape index (κ3) is 5.31. The summed E-state index contributed by atoms with van der Waals surface area (Å²) in [5, 5.41) is 15.8. The number of halogens is 1. The fourth-order valence-electron chi connectivity index (χ4n) is 2.62. The minimum Gasteiger partial charge on any atom is -0.480 e. The molecule has 3 N–H and O–H groups in total. The monoisotopic (exact) mass is 374 g/mol. The SMILES string of the molecule is CCCC(NC(C(=O)Nc1ccc(C)c(Cl)c1)c1ccccc1)C(=O)O. The lowest BCUT2D eigenvalue weighted by Gasteiger charge is -2.23. The number of carbonyl (C=O) groups excluding carboxylic acids is 1. The molecule has 2 aromatic carbocycles. The van der Waals surface area contributed by atoms with Gasteiger partial charge < -0.3 is 10.4 Å². The van der Waals surface area contributed by atoms with Crippen LogP contribution in [0.4, 0.5) is 5.69 Å². The molecule has 26 heavy (non-hydrogen) atoms. The molecule has 0 radical (unpaired) electrons. The van der Waals surface area contributed by atoms with Crippen LogP contribution >= 0.6 is 11.6 Å².